The summed E-state index contributed by atoms with van der Waals surface area (Å²) in [6.07, 6.45) is 2.34. The number of nitrogens with zero attached hydrogens (tertiary/aromatic N) is 1. The number of pyridine rings is 1. The summed E-state index contributed by atoms with van der Waals surface area (Å²) in [7, 11) is 3.57. The molecule has 17 heavy (non-hydrogen) atoms. The van der Waals surface area contributed by atoms with Crippen LogP contribution in [0.4, 0.5) is 0 Å². The number of carbonyl (C=O) groups excluding carboxylic acids is 1. The zero-order valence-electron chi connectivity index (χ0n) is 10.5. The molecule has 0 saturated heterocycles. The largest absolute Gasteiger partial charge is 0.364 e. The van der Waals surface area contributed by atoms with Crippen LogP contribution < -0.4 is 10.7 Å². The molecule has 94 valence electrons. The van der Waals surface area contributed by atoms with Gasteiger partial charge >= 0.3 is 0 Å². The summed E-state index contributed by atoms with van der Waals surface area (Å²) in [6.45, 7) is 3.27. The second kappa shape index (κ2) is 6.20. The van der Waals surface area contributed by atoms with E-state index in [9.17, 15) is 9.59 Å². The van der Waals surface area contributed by atoms with Crippen LogP contribution in [0.15, 0.2) is 17.1 Å². The number of hydrogen-bond acceptors (Lipinski definition) is 3. The molecule has 0 aliphatic rings. The lowest BCUT2D eigenvalue weighted by atomic mass is 10.2. The SMILES string of the molecule is CNCCCN(C)C(=O)c1c[nH]c(C)cc1=O. The molecule has 2 N–H and O–H groups in total. The molecule has 0 aromatic carbocycles. The van der Waals surface area contributed by atoms with Crippen LogP contribution in [0.5, 0.6) is 0 Å². The van der Waals surface area contributed by atoms with E-state index in [0.717, 1.165) is 18.7 Å². The molecule has 1 amide bonds. The quantitative estimate of drug-likeness (QED) is 0.727. The molecule has 1 aromatic rings. The van der Waals surface area contributed by atoms with E-state index in [4.69, 9.17) is 0 Å². The van der Waals surface area contributed by atoms with E-state index in [1.54, 1.807) is 18.9 Å². The standard InChI is InChI=1S/C12H19N3O2/c1-9-7-11(16)10(8-14-9)12(17)15(3)6-4-5-13-2/h7-8,13H,4-6H2,1-3H3,(H,14,16). The first-order chi connectivity index (χ1) is 8.06. The number of nitrogens with one attached hydrogen (secondary N) is 2. The number of aromatic nitrogens is 1. The Morgan fingerprint density at radius 2 is 2.24 bits per heavy atom. The average molecular weight is 237 g/mol. The second-order valence-electron chi connectivity index (χ2n) is 4.08. The van der Waals surface area contributed by atoms with Gasteiger partial charge in [-0.1, -0.05) is 0 Å². The molecule has 0 aliphatic heterocycles. The van der Waals surface area contributed by atoms with Gasteiger partial charge < -0.3 is 15.2 Å². The molecule has 0 radical (unpaired) electrons. The Bertz CT molecular complexity index is 440. The van der Waals surface area contributed by atoms with Crippen LogP contribution in [0.2, 0.25) is 0 Å². The van der Waals surface area contributed by atoms with Gasteiger partial charge in [0.1, 0.15) is 5.56 Å². The third-order valence-electron chi connectivity index (χ3n) is 2.55. The van der Waals surface area contributed by atoms with Crippen molar-refractivity contribution in [2.45, 2.75) is 13.3 Å². The molecule has 0 aliphatic carbocycles. The van der Waals surface area contributed by atoms with Gasteiger partial charge in [-0.15, -0.1) is 0 Å². The molecule has 1 rings (SSSR count). The molecule has 1 heterocycles. The van der Waals surface area contributed by atoms with Gasteiger partial charge in [0, 0.05) is 31.5 Å². The fourth-order valence-electron chi connectivity index (χ4n) is 1.54. The summed E-state index contributed by atoms with van der Waals surface area (Å²) in [5, 5.41) is 3.01. The molecule has 0 fully saturated rings. The summed E-state index contributed by atoms with van der Waals surface area (Å²) in [5.74, 6) is -0.234. The molecule has 0 spiro atoms. The third-order valence-corrected chi connectivity index (χ3v) is 2.55. The normalized spacial score (nSPS) is 10.3. The number of rotatable bonds is 5. The lowest BCUT2D eigenvalue weighted by Crippen LogP contribution is -2.32. The highest BCUT2D eigenvalue weighted by molar-refractivity contribution is 5.93. The highest BCUT2D eigenvalue weighted by Crippen LogP contribution is 1.98. The van der Waals surface area contributed by atoms with Gasteiger partial charge in [0.25, 0.3) is 5.91 Å². The van der Waals surface area contributed by atoms with Crippen molar-refractivity contribution in [2.75, 3.05) is 27.2 Å². The van der Waals surface area contributed by atoms with E-state index in [2.05, 4.69) is 10.3 Å². The summed E-state index contributed by atoms with van der Waals surface area (Å²) < 4.78 is 0. The lowest BCUT2D eigenvalue weighted by Gasteiger charge is -2.16. The third kappa shape index (κ3) is 3.71. The average Bonchev–Trinajstić information content (AvgIpc) is 2.28. The number of aromatic amines is 1. The second-order valence-corrected chi connectivity index (χ2v) is 4.08. The van der Waals surface area contributed by atoms with Gasteiger partial charge in [0.15, 0.2) is 5.43 Å². The van der Waals surface area contributed by atoms with Crippen LogP contribution >= 0.6 is 0 Å². The highest BCUT2D eigenvalue weighted by Gasteiger charge is 2.14. The molecular formula is C12H19N3O2. The first-order valence-electron chi connectivity index (χ1n) is 5.65. The zero-order chi connectivity index (χ0) is 12.8. The molecule has 0 saturated carbocycles. The summed E-state index contributed by atoms with van der Waals surface area (Å²) >= 11 is 0. The maximum atomic E-state index is 12.0. The fraction of sp³-hybridized carbons (Fsp3) is 0.500. The Kier molecular flexibility index (Phi) is 4.90. The van der Waals surface area contributed by atoms with Crippen LogP contribution in [-0.2, 0) is 0 Å². The summed E-state index contributed by atoms with van der Waals surface area (Å²) in [4.78, 5) is 28.0. The molecule has 0 bridgehead atoms. The van der Waals surface area contributed by atoms with Gasteiger partial charge in [-0.2, -0.15) is 0 Å². The van der Waals surface area contributed by atoms with Crippen LogP contribution in [0.3, 0.4) is 0 Å². The van der Waals surface area contributed by atoms with Crippen molar-refractivity contribution in [1.82, 2.24) is 15.2 Å². The predicted octanol–water partition coefficient (Wildman–Crippen LogP) is 0.365. The minimum absolute atomic E-state index is 0.197. The van der Waals surface area contributed by atoms with Crippen LogP contribution in [0.1, 0.15) is 22.5 Å². The molecule has 0 atom stereocenters. The Morgan fingerprint density at radius 1 is 1.53 bits per heavy atom. The van der Waals surface area contributed by atoms with E-state index in [0.29, 0.717) is 6.54 Å². The van der Waals surface area contributed by atoms with Crippen LogP contribution in [0, 0.1) is 6.92 Å². The van der Waals surface area contributed by atoms with Crippen molar-refractivity contribution in [1.29, 1.82) is 0 Å². The molecule has 1 aromatic heterocycles. The Hall–Kier alpha value is -1.62. The van der Waals surface area contributed by atoms with E-state index < -0.39 is 0 Å². The van der Waals surface area contributed by atoms with Crippen molar-refractivity contribution < 1.29 is 4.79 Å². The summed E-state index contributed by atoms with van der Waals surface area (Å²) in [5.41, 5.74) is 0.721. The van der Waals surface area contributed by atoms with Gasteiger partial charge in [-0.3, -0.25) is 9.59 Å². The van der Waals surface area contributed by atoms with Crippen molar-refractivity contribution in [3.63, 3.8) is 0 Å². The minimum Gasteiger partial charge on any atom is -0.364 e. The number of amides is 1. The maximum absolute atomic E-state index is 12.0. The van der Waals surface area contributed by atoms with E-state index in [1.807, 2.05) is 7.05 Å². The topological polar surface area (TPSA) is 65.2 Å². The van der Waals surface area contributed by atoms with E-state index in [-0.39, 0.29) is 16.9 Å². The summed E-state index contributed by atoms with van der Waals surface area (Å²) in [6, 6.07) is 1.44. The van der Waals surface area contributed by atoms with Gasteiger partial charge in [0.05, 0.1) is 0 Å². The van der Waals surface area contributed by atoms with Crippen molar-refractivity contribution >= 4 is 5.91 Å². The van der Waals surface area contributed by atoms with Gasteiger partial charge in [-0.25, -0.2) is 0 Å². The first-order valence-corrected chi connectivity index (χ1v) is 5.65. The number of aryl methyl sites for hydroxylation is 1. The Balaban J connectivity index is 2.72. The first kappa shape index (κ1) is 13.4. The van der Waals surface area contributed by atoms with E-state index >= 15 is 0 Å². The Morgan fingerprint density at radius 3 is 2.82 bits per heavy atom. The van der Waals surface area contributed by atoms with Crippen molar-refractivity contribution in [3.05, 3.63) is 33.7 Å². The number of H-pyrrole nitrogens is 1. The monoisotopic (exact) mass is 237 g/mol. The fourth-order valence-corrected chi connectivity index (χ4v) is 1.54. The van der Waals surface area contributed by atoms with Crippen LogP contribution in [-0.4, -0.2) is 43.0 Å². The van der Waals surface area contributed by atoms with Crippen molar-refractivity contribution in [2.24, 2.45) is 0 Å². The van der Waals surface area contributed by atoms with Crippen LogP contribution in [0.25, 0.3) is 0 Å². The molecule has 5 nitrogen and oxygen atoms in total. The van der Waals surface area contributed by atoms with Gasteiger partial charge in [0.2, 0.25) is 0 Å². The van der Waals surface area contributed by atoms with E-state index in [1.165, 1.54) is 12.3 Å². The number of carbonyl (C=O) groups is 1. The van der Waals surface area contributed by atoms with Crippen molar-refractivity contribution in [3.8, 4) is 0 Å². The molecule has 0 unspecified atom stereocenters. The lowest BCUT2D eigenvalue weighted by molar-refractivity contribution is 0.0792. The zero-order valence-corrected chi connectivity index (χ0v) is 10.5. The minimum atomic E-state index is -0.234. The highest BCUT2D eigenvalue weighted by atomic mass is 16.2. The number of hydrogen-bond donors (Lipinski definition) is 2. The smallest absolute Gasteiger partial charge is 0.259 e. The Labute approximate surface area is 101 Å². The predicted molar refractivity (Wildman–Crippen MR) is 67.3 cm³/mol. The molecule has 5 heteroatoms. The molecular weight excluding hydrogens is 218 g/mol. The van der Waals surface area contributed by atoms with Gasteiger partial charge in [-0.05, 0) is 26.9 Å². The maximum Gasteiger partial charge on any atom is 0.259 e.